The molecule has 1 saturated heterocycles. The Morgan fingerprint density at radius 2 is 2.13 bits per heavy atom. The SMILES string of the molecule is CC1(C)COCN1c1cc(=O)[nH]c(=O)[nH]1. The molecule has 2 rings (SSSR count). The molecule has 0 saturated carbocycles. The minimum Gasteiger partial charge on any atom is -0.359 e. The maximum Gasteiger partial charge on any atom is 0.327 e. The van der Waals surface area contributed by atoms with Crippen molar-refractivity contribution in [1.82, 2.24) is 9.97 Å². The van der Waals surface area contributed by atoms with E-state index in [4.69, 9.17) is 4.74 Å². The molecule has 6 nitrogen and oxygen atoms in total. The third-order valence-electron chi connectivity index (χ3n) is 2.44. The summed E-state index contributed by atoms with van der Waals surface area (Å²) in [6, 6.07) is 1.36. The number of aromatic amines is 2. The van der Waals surface area contributed by atoms with Gasteiger partial charge in [0.15, 0.2) is 0 Å². The summed E-state index contributed by atoms with van der Waals surface area (Å²) >= 11 is 0. The van der Waals surface area contributed by atoms with E-state index in [-0.39, 0.29) is 5.54 Å². The molecule has 0 unspecified atom stereocenters. The Kier molecular flexibility index (Phi) is 2.15. The van der Waals surface area contributed by atoms with E-state index in [1.54, 1.807) is 0 Å². The number of H-pyrrole nitrogens is 2. The van der Waals surface area contributed by atoms with Crippen LogP contribution in [-0.2, 0) is 4.74 Å². The molecule has 1 aliphatic rings. The highest BCUT2D eigenvalue weighted by Gasteiger charge is 2.33. The number of rotatable bonds is 1. The van der Waals surface area contributed by atoms with Crippen molar-refractivity contribution in [2.24, 2.45) is 0 Å². The maximum absolute atomic E-state index is 11.1. The van der Waals surface area contributed by atoms with Crippen molar-refractivity contribution in [2.75, 3.05) is 18.2 Å². The lowest BCUT2D eigenvalue weighted by molar-refractivity contribution is 0.184. The van der Waals surface area contributed by atoms with Gasteiger partial charge in [0.25, 0.3) is 5.56 Å². The van der Waals surface area contributed by atoms with Crippen LogP contribution >= 0.6 is 0 Å². The number of hydrogen-bond acceptors (Lipinski definition) is 4. The molecular weight excluding hydrogens is 198 g/mol. The zero-order chi connectivity index (χ0) is 11.1. The summed E-state index contributed by atoms with van der Waals surface area (Å²) in [4.78, 5) is 28.8. The van der Waals surface area contributed by atoms with Crippen molar-refractivity contribution < 1.29 is 4.74 Å². The second-order valence-corrected chi connectivity index (χ2v) is 4.19. The van der Waals surface area contributed by atoms with Gasteiger partial charge < -0.3 is 9.64 Å². The topological polar surface area (TPSA) is 78.2 Å². The van der Waals surface area contributed by atoms with Gasteiger partial charge in [-0.1, -0.05) is 0 Å². The van der Waals surface area contributed by atoms with E-state index in [1.807, 2.05) is 18.7 Å². The van der Waals surface area contributed by atoms with E-state index in [2.05, 4.69) is 9.97 Å². The summed E-state index contributed by atoms with van der Waals surface area (Å²) < 4.78 is 5.30. The Balaban J connectivity index is 2.46. The lowest BCUT2D eigenvalue weighted by Crippen LogP contribution is -2.42. The van der Waals surface area contributed by atoms with Gasteiger partial charge in [-0.15, -0.1) is 0 Å². The summed E-state index contributed by atoms with van der Waals surface area (Å²) in [5.41, 5.74) is -1.12. The molecule has 0 amide bonds. The average Bonchev–Trinajstić information content (AvgIpc) is 2.43. The van der Waals surface area contributed by atoms with Gasteiger partial charge in [0.1, 0.15) is 12.5 Å². The van der Waals surface area contributed by atoms with Crippen LogP contribution in [0.4, 0.5) is 5.82 Å². The van der Waals surface area contributed by atoms with Gasteiger partial charge in [-0.25, -0.2) is 4.79 Å². The fourth-order valence-electron chi connectivity index (χ4n) is 1.64. The number of nitrogens with zero attached hydrogens (tertiary/aromatic N) is 1. The normalized spacial score (nSPS) is 19.5. The maximum atomic E-state index is 11.1. The Morgan fingerprint density at radius 1 is 1.40 bits per heavy atom. The van der Waals surface area contributed by atoms with Crippen LogP contribution in [0.2, 0.25) is 0 Å². The highest BCUT2D eigenvalue weighted by molar-refractivity contribution is 5.40. The third kappa shape index (κ3) is 1.80. The van der Waals surface area contributed by atoms with E-state index < -0.39 is 11.2 Å². The van der Waals surface area contributed by atoms with Crippen molar-refractivity contribution in [1.29, 1.82) is 0 Å². The average molecular weight is 211 g/mol. The van der Waals surface area contributed by atoms with Gasteiger partial charge in [-0.05, 0) is 13.8 Å². The van der Waals surface area contributed by atoms with E-state index in [9.17, 15) is 9.59 Å². The largest absolute Gasteiger partial charge is 0.359 e. The summed E-state index contributed by atoms with van der Waals surface area (Å²) in [5.74, 6) is 0.492. The van der Waals surface area contributed by atoms with Gasteiger partial charge in [0, 0.05) is 6.07 Å². The molecule has 2 heterocycles. The van der Waals surface area contributed by atoms with Gasteiger partial charge in [-0.3, -0.25) is 14.8 Å². The molecule has 0 bridgehead atoms. The molecular formula is C9H13N3O3. The van der Waals surface area contributed by atoms with E-state index >= 15 is 0 Å². The van der Waals surface area contributed by atoms with Crippen molar-refractivity contribution in [3.63, 3.8) is 0 Å². The Hall–Kier alpha value is -1.56. The smallest absolute Gasteiger partial charge is 0.327 e. The third-order valence-corrected chi connectivity index (χ3v) is 2.44. The van der Waals surface area contributed by atoms with E-state index in [0.29, 0.717) is 19.2 Å². The molecule has 0 aliphatic carbocycles. The minimum atomic E-state index is -0.500. The van der Waals surface area contributed by atoms with Crippen LogP contribution in [0, 0.1) is 0 Å². The van der Waals surface area contributed by atoms with Crippen molar-refractivity contribution in [2.45, 2.75) is 19.4 Å². The summed E-state index contributed by atoms with van der Waals surface area (Å²) in [5, 5.41) is 0. The predicted molar refractivity (Wildman–Crippen MR) is 55.1 cm³/mol. The van der Waals surface area contributed by atoms with Crippen LogP contribution in [-0.4, -0.2) is 28.8 Å². The van der Waals surface area contributed by atoms with E-state index in [0.717, 1.165) is 0 Å². The Bertz CT molecular complexity index is 446. The Morgan fingerprint density at radius 3 is 2.67 bits per heavy atom. The summed E-state index contributed by atoms with van der Waals surface area (Å²) in [6.07, 6.45) is 0. The second-order valence-electron chi connectivity index (χ2n) is 4.19. The first-order chi connectivity index (χ1) is 6.99. The molecule has 0 aromatic carbocycles. The van der Waals surface area contributed by atoms with Crippen molar-refractivity contribution >= 4 is 5.82 Å². The molecule has 82 valence electrons. The molecule has 1 aromatic rings. The molecule has 0 radical (unpaired) electrons. The quantitative estimate of drug-likeness (QED) is 0.664. The monoisotopic (exact) mass is 211 g/mol. The standard InChI is InChI=1S/C9H13N3O3/c1-9(2)4-15-5-12(9)6-3-7(13)11-8(14)10-6/h3H,4-5H2,1-2H3,(H2,10,11,13,14). The first-order valence-corrected chi connectivity index (χ1v) is 4.68. The molecule has 1 aromatic heterocycles. The first kappa shape index (κ1) is 9.97. The Labute approximate surface area is 85.9 Å². The van der Waals surface area contributed by atoms with Gasteiger partial charge >= 0.3 is 5.69 Å². The molecule has 2 N–H and O–H groups in total. The van der Waals surface area contributed by atoms with Crippen LogP contribution in [0.1, 0.15) is 13.8 Å². The number of anilines is 1. The van der Waals surface area contributed by atoms with Crippen LogP contribution in [0.25, 0.3) is 0 Å². The summed E-state index contributed by atoms with van der Waals surface area (Å²) in [7, 11) is 0. The fourth-order valence-corrected chi connectivity index (χ4v) is 1.64. The highest BCUT2D eigenvalue weighted by atomic mass is 16.5. The molecule has 0 spiro atoms. The van der Waals surface area contributed by atoms with Crippen molar-refractivity contribution in [3.05, 3.63) is 26.9 Å². The van der Waals surface area contributed by atoms with Crippen LogP contribution in [0.5, 0.6) is 0 Å². The number of aromatic nitrogens is 2. The summed E-state index contributed by atoms with van der Waals surface area (Å²) in [6.45, 7) is 4.92. The lowest BCUT2D eigenvalue weighted by Gasteiger charge is -2.30. The van der Waals surface area contributed by atoms with Crippen molar-refractivity contribution in [3.8, 4) is 0 Å². The minimum absolute atomic E-state index is 0.212. The number of nitrogens with one attached hydrogen (secondary N) is 2. The number of ether oxygens (including phenoxy) is 1. The number of hydrogen-bond donors (Lipinski definition) is 2. The highest BCUT2D eigenvalue weighted by Crippen LogP contribution is 2.25. The first-order valence-electron chi connectivity index (χ1n) is 4.68. The predicted octanol–water partition coefficient (Wildman–Crippen LogP) is -0.364. The van der Waals surface area contributed by atoms with Gasteiger partial charge in [0.2, 0.25) is 0 Å². The molecule has 15 heavy (non-hydrogen) atoms. The van der Waals surface area contributed by atoms with Crippen LogP contribution in [0.15, 0.2) is 15.7 Å². The zero-order valence-electron chi connectivity index (χ0n) is 8.66. The molecule has 1 fully saturated rings. The zero-order valence-corrected chi connectivity index (χ0v) is 8.66. The molecule has 6 heteroatoms. The van der Waals surface area contributed by atoms with Gasteiger partial charge in [0.05, 0.1) is 12.1 Å². The van der Waals surface area contributed by atoms with Crippen LogP contribution in [0.3, 0.4) is 0 Å². The van der Waals surface area contributed by atoms with Crippen LogP contribution < -0.4 is 16.1 Å². The second kappa shape index (κ2) is 3.23. The molecule has 1 aliphatic heterocycles. The molecule has 0 atom stereocenters. The lowest BCUT2D eigenvalue weighted by atomic mass is 10.1. The van der Waals surface area contributed by atoms with E-state index in [1.165, 1.54) is 6.07 Å². The van der Waals surface area contributed by atoms with Gasteiger partial charge in [-0.2, -0.15) is 0 Å². The fraction of sp³-hybridized carbons (Fsp3) is 0.556.